The van der Waals surface area contributed by atoms with Crippen molar-refractivity contribution in [3.8, 4) is 23.0 Å². The summed E-state index contributed by atoms with van der Waals surface area (Å²) in [5, 5.41) is 29.5. The first kappa shape index (κ1) is 57.1. The summed E-state index contributed by atoms with van der Waals surface area (Å²) >= 11 is 0. The van der Waals surface area contributed by atoms with Crippen molar-refractivity contribution in [3.05, 3.63) is 101 Å². The molecule has 2 aliphatic heterocycles. The first-order valence-corrected chi connectivity index (χ1v) is 22.8. The molecule has 0 radical (unpaired) electrons. The number of anilines is 1. The number of carboxylic acid groups (broad SMARTS) is 1. The van der Waals surface area contributed by atoms with E-state index in [1.54, 1.807) is 24.4 Å². The van der Waals surface area contributed by atoms with Crippen molar-refractivity contribution in [1.29, 1.82) is 0 Å². The number of nitrogens with zero attached hydrogens (tertiary/aromatic N) is 4. The molecular formula is C48H51F10N9O8. The van der Waals surface area contributed by atoms with Crippen molar-refractivity contribution in [1.82, 2.24) is 41.6 Å². The van der Waals surface area contributed by atoms with Crippen LogP contribution in [0.3, 0.4) is 0 Å². The normalized spacial score (nSPS) is 16.1. The van der Waals surface area contributed by atoms with Crippen molar-refractivity contribution >= 4 is 29.8 Å². The van der Waals surface area contributed by atoms with Crippen molar-refractivity contribution < 1.29 is 82.8 Å². The van der Waals surface area contributed by atoms with E-state index in [9.17, 15) is 64.5 Å². The maximum atomic E-state index is 15.0. The van der Waals surface area contributed by atoms with Crippen LogP contribution in [-0.4, -0.2) is 125 Å². The fourth-order valence-corrected chi connectivity index (χ4v) is 7.88. The summed E-state index contributed by atoms with van der Waals surface area (Å²) in [5.41, 5.74) is -1.37. The van der Waals surface area contributed by atoms with E-state index in [1.807, 2.05) is 16.8 Å². The second-order valence-electron chi connectivity index (χ2n) is 19.1. The van der Waals surface area contributed by atoms with Crippen LogP contribution in [0.5, 0.6) is 0 Å². The van der Waals surface area contributed by atoms with Crippen molar-refractivity contribution in [3.63, 3.8) is 0 Å². The van der Waals surface area contributed by atoms with Crippen LogP contribution in [0.15, 0.2) is 67.1 Å². The Labute approximate surface area is 421 Å². The van der Waals surface area contributed by atoms with Crippen LogP contribution in [0.4, 0.5) is 59.3 Å². The van der Waals surface area contributed by atoms with Gasteiger partial charge >= 0.3 is 31.1 Å². The lowest BCUT2D eigenvalue weighted by molar-refractivity contribution is -0.221. The zero-order chi connectivity index (χ0) is 55.3. The van der Waals surface area contributed by atoms with Crippen LogP contribution in [-0.2, 0) is 31.9 Å². The largest absolute Gasteiger partial charge is 0.465 e. The highest BCUT2D eigenvalue weighted by Gasteiger charge is 2.57. The first-order valence-electron chi connectivity index (χ1n) is 22.8. The minimum Gasteiger partial charge on any atom is -0.465 e. The van der Waals surface area contributed by atoms with Gasteiger partial charge in [0.25, 0.3) is 5.91 Å². The van der Waals surface area contributed by atoms with Crippen LogP contribution in [0.2, 0.25) is 0 Å². The van der Waals surface area contributed by atoms with Gasteiger partial charge in [0.05, 0.1) is 54.4 Å². The SMILES string of the molecule is CC(C)([C@H](NC(=O)O)C(=O)NNC[C@H](O)[C@H](Cc1ccc(C#Cc2ccc(N3CC4(COC4)C3)nc2)cc1)NC(=O)[C@@H](NC(=O)OCCc1c(F)cc(-c2cnn(C(F)F)c2)cc1F)C(C)(C)C(F)(F)F)C(F)(F)F. The van der Waals surface area contributed by atoms with Crippen LogP contribution in [0.25, 0.3) is 11.1 Å². The third-order valence-electron chi connectivity index (χ3n) is 12.8. The number of aromatic nitrogens is 3. The minimum atomic E-state index is -5.23. The summed E-state index contributed by atoms with van der Waals surface area (Å²) < 4.78 is 152. The fourth-order valence-electron chi connectivity index (χ4n) is 7.88. The van der Waals surface area contributed by atoms with Gasteiger partial charge in [-0.15, -0.1) is 0 Å². The Bertz CT molecular complexity index is 2730. The monoisotopic (exact) mass is 1070 g/mol. The quantitative estimate of drug-likeness (QED) is 0.0326. The molecule has 406 valence electrons. The number of aliphatic hydroxyl groups is 1. The Balaban J connectivity index is 1.16. The molecule has 2 aliphatic rings. The first-order chi connectivity index (χ1) is 35.0. The molecule has 0 saturated carbocycles. The number of pyridine rings is 1. The lowest BCUT2D eigenvalue weighted by Crippen LogP contribution is -2.66. The number of benzene rings is 2. The molecule has 6 rings (SSSR count). The molecule has 0 bridgehead atoms. The molecular weight excluding hydrogens is 1020 g/mol. The van der Waals surface area contributed by atoms with E-state index in [4.69, 9.17) is 9.47 Å². The van der Waals surface area contributed by atoms with Gasteiger partial charge < -0.3 is 40.5 Å². The Hall–Kier alpha value is -7.18. The van der Waals surface area contributed by atoms with E-state index in [1.165, 1.54) is 17.4 Å². The van der Waals surface area contributed by atoms with Gasteiger partial charge in [-0.25, -0.2) is 33.5 Å². The second-order valence-corrected chi connectivity index (χ2v) is 19.1. The molecule has 27 heteroatoms. The van der Waals surface area contributed by atoms with Gasteiger partial charge in [0.2, 0.25) is 5.91 Å². The van der Waals surface area contributed by atoms with Crippen molar-refractivity contribution in [2.75, 3.05) is 44.4 Å². The minimum absolute atomic E-state index is 0.0629. The van der Waals surface area contributed by atoms with Gasteiger partial charge in [-0.2, -0.15) is 40.2 Å². The number of hydrogen-bond acceptors (Lipinski definition) is 11. The summed E-state index contributed by atoms with van der Waals surface area (Å²) in [6, 6.07) is 4.72. The van der Waals surface area contributed by atoms with Gasteiger partial charge in [0.1, 0.15) is 29.5 Å². The molecule has 4 amide bonds. The van der Waals surface area contributed by atoms with Crippen LogP contribution in [0.1, 0.15) is 56.5 Å². The number of carbonyl (C=O) groups is 4. The molecule has 0 aliphatic carbocycles. The zero-order valence-corrected chi connectivity index (χ0v) is 40.3. The van der Waals surface area contributed by atoms with E-state index in [0.717, 1.165) is 43.4 Å². The van der Waals surface area contributed by atoms with Gasteiger partial charge in [-0.05, 0) is 81.6 Å². The number of rotatable bonds is 19. The number of halogens is 10. The average Bonchev–Trinajstić information content (AvgIpc) is 3.80. The van der Waals surface area contributed by atoms with Crippen LogP contribution >= 0.6 is 0 Å². The summed E-state index contributed by atoms with van der Waals surface area (Å²) in [6.45, 7) is 0.586. The predicted octanol–water partition coefficient (Wildman–Crippen LogP) is 6.01. The van der Waals surface area contributed by atoms with Crippen LogP contribution in [0, 0.1) is 39.7 Å². The maximum absolute atomic E-state index is 15.0. The molecule has 0 unspecified atom stereocenters. The number of hydrazine groups is 1. The molecule has 2 aromatic heterocycles. The molecule has 4 heterocycles. The molecule has 2 fully saturated rings. The molecule has 2 saturated heterocycles. The number of ether oxygens (including phenoxy) is 2. The van der Waals surface area contributed by atoms with Gasteiger partial charge in [-0.3, -0.25) is 15.0 Å². The molecule has 2 aromatic carbocycles. The predicted molar refractivity (Wildman–Crippen MR) is 245 cm³/mol. The third-order valence-corrected chi connectivity index (χ3v) is 12.8. The Morgan fingerprint density at radius 3 is 1.92 bits per heavy atom. The highest BCUT2D eigenvalue weighted by molar-refractivity contribution is 5.87. The molecule has 75 heavy (non-hydrogen) atoms. The molecule has 1 spiro atoms. The highest BCUT2D eigenvalue weighted by atomic mass is 19.4. The van der Waals surface area contributed by atoms with Gasteiger partial charge in [0, 0.05) is 60.7 Å². The van der Waals surface area contributed by atoms with E-state index in [2.05, 4.69) is 37.6 Å². The Kier molecular flexibility index (Phi) is 17.3. The van der Waals surface area contributed by atoms with Crippen LogP contribution < -0.4 is 31.7 Å². The number of aliphatic hydroxyl groups excluding tert-OH is 1. The molecule has 4 aromatic rings. The molecule has 4 atom stereocenters. The summed E-state index contributed by atoms with van der Waals surface area (Å²) in [7, 11) is 0. The molecule has 7 N–H and O–H groups in total. The van der Waals surface area contributed by atoms with E-state index in [0.29, 0.717) is 57.6 Å². The number of alkyl carbamates (subject to hydrolysis) is 1. The second kappa shape index (κ2) is 22.7. The maximum Gasteiger partial charge on any atom is 0.407 e. The zero-order valence-electron chi connectivity index (χ0n) is 40.3. The highest BCUT2D eigenvalue weighted by Crippen LogP contribution is 2.42. The fraction of sp³-hybridized carbons (Fsp3) is 0.458. The lowest BCUT2D eigenvalue weighted by atomic mass is 9.78. The number of nitrogens with one attached hydrogen (secondary N) is 5. The summed E-state index contributed by atoms with van der Waals surface area (Å²) in [4.78, 5) is 58.0. The van der Waals surface area contributed by atoms with Gasteiger partial charge in [-0.1, -0.05) is 24.0 Å². The Morgan fingerprint density at radius 1 is 0.813 bits per heavy atom. The third kappa shape index (κ3) is 13.8. The van der Waals surface area contributed by atoms with Crippen molar-refractivity contribution in [2.45, 2.75) is 83.7 Å². The standard InChI is InChI=1S/C48H51F10N9O8/c1-44(2,47(53,54)55)37(64-43(73)75-14-13-31-32(49)16-29(17-33(31)50)30-19-61-67(21-30)41(51)52)39(69)62-34(35(68)20-60-65-40(70)38(63-42(71)72)45(3,4)48(56,57)58)15-27-8-5-26(6-9-27)7-10-28-11-12-36(59-18-28)66-22-46(23-66)24-74-25-46/h5-6,8-9,11-12,16-19,21,34-35,37-38,41,60,63,68H,13-15,20,22-25H2,1-4H3,(H,62,69)(H,64,73)(H,65,70)(H,71,72)/t34-,35-,37+,38+/m0/s1. The van der Waals surface area contributed by atoms with E-state index < -0.39 is 115 Å². The lowest BCUT2D eigenvalue weighted by Gasteiger charge is -2.55. The average molecular weight is 1070 g/mol. The van der Waals surface area contributed by atoms with Gasteiger partial charge in [0.15, 0.2) is 0 Å². The summed E-state index contributed by atoms with van der Waals surface area (Å²) in [5.74, 6) is 1.23. The number of alkyl halides is 8. The number of hydrogen-bond donors (Lipinski definition) is 7. The topological polar surface area (TPSA) is 221 Å². The van der Waals surface area contributed by atoms with E-state index >= 15 is 8.78 Å². The summed E-state index contributed by atoms with van der Waals surface area (Å²) in [6.07, 6.45) is -13.6. The number of carbonyl (C=O) groups excluding carboxylic acids is 3. The smallest absolute Gasteiger partial charge is 0.407 e. The Morgan fingerprint density at radius 2 is 1.40 bits per heavy atom. The van der Waals surface area contributed by atoms with Crippen molar-refractivity contribution in [2.24, 2.45) is 16.2 Å². The van der Waals surface area contributed by atoms with E-state index in [-0.39, 0.29) is 27.6 Å². The molecule has 17 nitrogen and oxygen atoms in total. The number of amides is 4.